The van der Waals surface area contributed by atoms with E-state index in [1.807, 2.05) is 91.0 Å². The van der Waals surface area contributed by atoms with Crippen LogP contribution in [0.1, 0.15) is 42.0 Å². The van der Waals surface area contributed by atoms with E-state index in [4.69, 9.17) is 9.47 Å². The average Bonchev–Trinajstić information content (AvgIpc) is 3.78. The zero-order valence-corrected chi connectivity index (χ0v) is 31.2. The third-order valence-corrected chi connectivity index (χ3v) is 11.4. The van der Waals surface area contributed by atoms with Crippen molar-refractivity contribution < 1.29 is 33.8 Å². The van der Waals surface area contributed by atoms with Crippen LogP contribution in [0, 0.1) is 11.8 Å². The number of fused-ring (bicyclic) bond motifs is 1. The van der Waals surface area contributed by atoms with Crippen molar-refractivity contribution in [3.8, 4) is 0 Å². The predicted octanol–water partition coefficient (Wildman–Crippen LogP) is 4.92. The number of carbonyl (C=O) groups is 4. The number of hydrogen-bond donors (Lipinski definition) is 2. The minimum absolute atomic E-state index is 0.113. The van der Waals surface area contributed by atoms with Gasteiger partial charge in [-0.05, 0) is 36.0 Å². The minimum atomic E-state index is -1.35. The quantitative estimate of drug-likeness (QED) is 0.113. The summed E-state index contributed by atoms with van der Waals surface area (Å²) in [6.45, 7) is 7.52. The van der Waals surface area contributed by atoms with Gasteiger partial charge in [0.05, 0.1) is 36.6 Å². The summed E-state index contributed by atoms with van der Waals surface area (Å²) in [6.07, 6.45) is 3.80. The summed E-state index contributed by atoms with van der Waals surface area (Å²) >= 11 is 3.76. The molecule has 3 fully saturated rings. The number of likely N-dealkylation sites (tertiary alicyclic amines) is 1. The molecule has 0 radical (unpaired) electrons. The van der Waals surface area contributed by atoms with Crippen LogP contribution in [0.5, 0.6) is 0 Å². The normalized spacial score (nSPS) is 25.3. The Labute approximate surface area is 319 Å². The van der Waals surface area contributed by atoms with Crippen molar-refractivity contribution in [2.75, 3.05) is 19.8 Å². The van der Waals surface area contributed by atoms with E-state index in [2.05, 4.69) is 34.4 Å². The number of alkyl halides is 1. The Bertz CT molecular complexity index is 1780. The molecule has 3 amide bonds. The maximum Gasteiger partial charge on any atom is 0.306 e. The molecule has 8 atom stereocenters. The SMILES string of the molecule is C=CCCC(=O)OC[C@@H](NC(=O)[C@@H]1[C@H]2O[C@@]3(CC2Br)[C@H](C(=O)N(CC=C)Cc2ccccc2)N([C@@H](CO)Cc2ccccc2)C(=O)[C@@H]13)c1ccccc1. The molecular weight excluding hydrogens is 738 g/mol. The van der Waals surface area contributed by atoms with Gasteiger partial charge in [-0.3, -0.25) is 19.2 Å². The van der Waals surface area contributed by atoms with Gasteiger partial charge in [0, 0.05) is 24.3 Å². The predicted molar refractivity (Wildman–Crippen MR) is 203 cm³/mol. The Morgan fingerprint density at radius 3 is 2.26 bits per heavy atom. The van der Waals surface area contributed by atoms with Crippen molar-refractivity contribution in [2.24, 2.45) is 11.8 Å². The molecule has 3 aliphatic rings. The number of aliphatic hydroxyl groups is 1. The largest absolute Gasteiger partial charge is 0.463 e. The van der Waals surface area contributed by atoms with E-state index in [1.54, 1.807) is 17.1 Å². The van der Waals surface area contributed by atoms with Gasteiger partial charge in [-0.15, -0.1) is 13.2 Å². The zero-order chi connectivity index (χ0) is 37.5. The topological polar surface area (TPSA) is 125 Å². The summed E-state index contributed by atoms with van der Waals surface area (Å²) < 4.78 is 12.4. The number of benzene rings is 3. The summed E-state index contributed by atoms with van der Waals surface area (Å²) in [6, 6.07) is 25.7. The standard InChI is InChI=1S/C42H46BrN3O7/c1-3-5-21-34(48)52-27-33(30-19-13-8-14-20-30)44-39(49)35-36-40(50)46(31(26-47)23-28-15-9-6-10-16-28)38(42(36)24-32(43)37(35)53-42)41(51)45(22-4-2)25-29-17-11-7-12-18-29/h3-4,6-20,31-33,35-38,47H,1-2,5,21-27H2,(H,44,49)/t31-,32?,33-,35+,36-,37+,38+,42-/m1/s1. The number of hydrogen-bond acceptors (Lipinski definition) is 7. The molecule has 11 heteroatoms. The third kappa shape index (κ3) is 7.88. The molecular formula is C42H46BrN3O7. The molecule has 53 heavy (non-hydrogen) atoms. The van der Waals surface area contributed by atoms with Gasteiger partial charge in [0.15, 0.2) is 0 Å². The molecule has 0 aromatic heterocycles. The van der Waals surface area contributed by atoms with Crippen molar-refractivity contribution >= 4 is 39.6 Å². The highest BCUT2D eigenvalue weighted by Gasteiger charge is 2.77. The van der Waals surface area contributed by atoms with Crippen LogP contribution in [0.25, 0.3) is 0 Å². The van der Waals surface area contributed by atoms with Crippen LogP contribution in [-0.4, -0.2) is 87.0 Å². The first-order chi connectivity index (χ1) is 25.7. The van der Waals surface area contributed by atoms with Crippen LogP contribution in [0.3, 0.4) is 0 Å². The number of nitrogens with one attached hydrogen (secondary N) is 1. The van der Waals surface area contributed by atoms with Crippen molar-refractivity contribution in [1.29, 1.82) is 0 Å². The maximum absolute atomic E-state index is 15.0. The van der Waals surface area contributed by atoms with Gasteiger partial charge in [-0.2, -0.15) is 0 Å². The number of rotatable bonds is 17. The molecule has 0 saturated carbocycles. The Hall–Kier alpha value is -4.58. The summed E-state index contributed by atoms with van der Waals surface area (Å²) in [5.74, 6) is -3.59. The van der Waals surface area contributed by atoms with Gasteiger partial charge in [0.2, 0.25) is 17.7 Å². The number of esters is 1. The molecule has 3 aromatic carbocycles. The second-order valence-corrected chi connectivity index (χ2v) is 15.1. The fourth-order valence-electron chi connectivity index (χ4n) is 8.18. The molecule has 3 aliphatic heterocycles. The highest BCUT2D eigenvalue weighted by Crippen LogP contribution is 2.60. The van der Waals surface area contributed by atoms with Crippen molar-refractivity contribution in [3.63, 3.8) is 0 Å². The van der Waals surface area contributed by atoms with E-state index in [1.165, 1.54) is 4.90 Å². The van der Waals surface area contributed by atoms with Gasteiger partial charge in [0.1, 0.15) is 18.2 Å². The lowest BCUT2D eigenvalue weighted by Crippen LogP contribution is -2.59. The smallest absolute Gasteiger partial charge is 0.306 e. The molecule has 278 valence electrons. The second kappa shape index (κ2) is 17.0. The number of carbonyl (C=O) groups excluding carboxylic acids is 4. The monoisotopic (exact) mass is 783 g/mol. The number of amides is 3. The molecule has 3 heterocycles. The first-order valence-electron chi connectivity index (χ1n) is 18.1. The lowest BCUT2D eigenvalue weighted by atomic mass is 9.70. The number of nitrogens with zero attached hydrogens (tertiary/aromatic N) is 2. The fourth-order valence-corrected chi connectivity index (χ4v) is 9.13. The molecule has 2 N–H and O–H groups in total. The molecule has 10 nitrogen and oxygen atoms in total. The second-order valence-electron chi connectivity index (χ2n) is 13.9. The molecule has 2 bridgehead atoms. The molecule has 6 rings (SSSR count). The van der Waals surface area contributed by atoms with Crippen LogP contribution < -0.4 is 5.32 Å². The van der Waals surface area contributed by atoms with E-state index in [9.17, 15) is 19.5 Å². The van der Waals surface area contributed by atoms with E-state index >= 15 is 4.79 Å². The number of allylic oxidation sites excluding steroid dienone is 1. The molecule has 1 spiro atoms. The van der Waals surface area contributed by atoms with E-state index in [0.717, 1.165) is 16.7 Å². The summed E-state index contributed by atoms with van der Waals surface area (Å²) in [5.41, 5.74) is 1.16. The highest BCUT2D eigenvalue weighted by atomic mass is 79.9. The minimum Gasteiger partial charge on any atom is -0.463 e. The third-order valence-electron chi connectivity index (χ3n) is 10.5. The van der Waals surface area contributed by atoms with Crippen molar-refractivity contribution in [1.82, 2.24) is 15.1 Å². The van der Waals surface area contributed by atoms with Crippen molar-refractivity contribution in [3.05, 3.63) is 133 Å². The first-order valence-corrected chi connectivity index (χ1v) is 19.0. The van der Waals surface area contributed by atoms with Gasteiger partial charge >= 0.3 is 5.97 Å². The summed E-state index contributed by atoms with van der Waals surface area (Å²) in [7, 11) is 0. The Morgan fingerprint density at radius 2 is 1.64 bits per heavy atom. The number of halogens is 1. The number of aliphatic hydroxyl groups excluding tert-OH is 1. The molecule has 0 aliphatic carbocycles. The van der Waals surface area contributed by atoms with Gasteiger partial charge in [-0.1, -0.05) is 119 Å². The van der Waals surface area contributed by atoms with Gasteiger partial charge < -0.3 is 29.7 Å². The van der Waals surface area contributed by atoms with Crippen molar-refractivity contribution in [2.45, 2.75) is 66.9 Å². The van der Waals surface area contributed by atoms with Crippen LogP contribution >= 0.6 is 15.9 Å². The highest BCUT2D eigenvalue weighted by molar-refractivity contribution is 9.09. The van der Waals surface area contributed by atoms with Gasteiger partial charge in [0.25, 0.3) is 0 Å². The summed E-state index contributed by atoms with van der Waals surface area (Å²) in [4.78, 5) is 59.8. The van der Waals surface area contributed by atoms with E-state index in [0.29, 0.717) is 19.3 Å². The van der Waals surface area contributed by atoms with Crippen LogP contribution in [-0.2, 0) is 41.6 Å². The van der Waals surface area contributed by atoms with Crippen LogP contribution in [0.4, 0.5) is 0 Å². The zero-order valence-electron chi connectivity index (χ0n) is 29.6. The Kier molecular flexibility index (Phi) is 12.3. The molecule has 1 unspecified atom stereocenters. The summed E-state index contributed by atoms with van der Waals surface area (Å²) in [5, 5.41) is 14.0. The Morgan fingerprint density at radius 1 is 1.00 bits per heavy atom. The molecule has 3 saturated heterocycles. The lowest BCUT2D eigenvalue weighted by Gasteiger charge is -2.39. The number of ether oxygens (including phenoxy) is 2. The lowest BCUT2D eigenvalue weighted by molar-refractivity contribution is -0.151. The molecule has 3 aromatic rings. The first kappa shape index (κ1) is 38.2. The fraction of sp³-hybridized carbons (Fsp3) is 0.381. The average molecular weight is 785 g/mol. The maximum atomic E-state index is 15.0. The van der Waals surface area contributed by atoms with E-state index < -0.39 is 66.1 Å². The van der Waals surface area contributed by atoms with Gasteiger partial charge in [-0.25, -0.2) is 0 Å². The Balaban J connectivity index is 1.36. The van der Waals surface area contributed by atoms with Crippen LogP contribution in [0.15, 0.2) is 116 Å². The van der Waals surface area contributed by atoms with E-state index in [-0.39, 0.29) is 36.9 Å². The van der Waals surface area contributed by atoms with Crippen LogP contribution in [0.2, 0.25) is 0 Å².